The molecule has 0 spiro atoms. The molecule has 120 valence electrons. The Morgan fingerprint density at radius 2 is 1.81 bits per heavy atom. The molecular formula is C17H27Cl2NO. The Kier molecular flexibility index (Phi) is 9.34. The fourth-order valence-corrected chi connectivity index (χ4v) is 2.70. The summed E-state index contributed by atoms with van der Waals surface area (Å²) >= 11 is 12.0. The molecule has 0 aliphatic heterocycles. The first-order valence-electron chi connectivity index (χ1n) is 7.84. The molecule has 0 heterocycles. The summed E-state index contributed by atoms with van der Waals surface area (Å²) in [5, 5.41) is 14.6. The number of halogens is 2. The number of hydrogen-bond donors (Lipinski definition) is 2. The second-order valence-corrected chi connectivity index (χ2v) is 6.83. The molecule has 2 N–H and O–H groups in total. The van der Waals surface area contributed by atoms with Crippen molar-refractivity contribution in [2.24, 2.45) is 5.92 Å². The zero-order valence-corrected chi connectivity index (χ0v) is 14.6. The highest BCUT2D eigenvalue weighted by molar-refractivity contribution is 6.33. The third-order valence-corrected chi connectivity index (χ3v) is 4.12. The molecule has 0 aromatic heterocycles. The summed E-state index contributed by atoms with van der Waals surface area (Å²) in [6.07, 6.45) is 5.71. The topological polar surface area (TPSA) is 32.3 Å². The second-order valence-electron chi connectivity index (χ2n) is 5.98. The van der Waals surface area contributed by atoms with E-state index >= 15 is 0 Å². The van der Waals surface area contributed by atoms with Crippen molar-refractivity contribution < 1.29 is 5.11 Å². The van der Waals surface area contributed by atoms with Crippen LogP contribution in [0.3, 0.4) is 0 Å². The smallest absolute Gasteiger partial charge is 0.0929 e. The molecule has 0 amide bonds. The lowest BCUT2D eigenvalue weighted by Crippen LogP contribution is -2.22. The van der Waals surface area contributed by atoms with E-state index in [1.54, 1.807) is 18.2 Å². The molecule has 2 nitrogen and oxygen atoms in total. The van der Waals surface area contributed by atoms with Crippen LogP contribution in [-0.4, -0.2) is 18.2 Å². The number of aliphatic hydroxyl groups excluding tert-OH is 1. The zero-order chi connectivity index (χ0) is 15.7. The Hall–Kier alpha value is -0.280. The molecule has 21 heavy (non-hydrogen) atoms. The van der Waals surface area contributed by atoms with Gasteiger partial charge in [-0.1, -0.05) is 62.7 Å². The van der Waals surface area contributed by atoms with Crippen LogP contribution in [0.2, 0.25) is 10.0 Å². The minimum Gasteiger partial charge on any atom is -0.387 e. The molecule has 1 rings (SSSR count). The Bertz CT molecular complexity index is 410. The fraction of sp³-hybridized carbons (Fsp3) is 0.647. The van der Waals surface area contributed by atoms with E-state index in [1.807, 2.05) is 0 Å². The minimum absolute atomic E-state index is 0.506. The van der Waals surface area contributed by atoms with Crippen LogP contribution in [0.5, 0.6) is 0 Å². The highest BCUT2D eigenvalue weighted by Gasteiger charge is 2.11. The first kappa shape index (κ1) is 18.8. The predicted octanol–water partition coefficient (Wildman–Crippen LogP) is 5.22. The first-order chi connectivity index (χ1) is 10.0. The molecule has 0 saturated carbocycles. The van der Waals surface area contributed by atoms with Gasteiger partial charge in [0, 0.05) is 22.2 Å². The summed E-state index contributed by atoms with van der Waals surface area (Å²) in [7, 11) is 0. The second kappa shape index (κ2) is 10.4. The molecule has 0 radical (unpaired) electrons. The normalized spacial score (nSPS) is 12.9. The molecule has 1 aromatic carbocycles. The van der Waals surface area contributed by atoms with Crippen LogP contribution in [0, 0.1) is 5.92 Å². The lowest BCUT2D eigenvalue weighted by atomic mass is 10.0. The van der Waals surface area contributed by atoms with Gasteiger partial charge in [0.15, 0.2) is 0 Å². The van der Waals surface area contributed by atoms with Crippen molar-refractivity contribution in [2.45, 2.75) is 52.1 Å². The Labute approximate surface area is 138 Å². The maximum atomic E-state index is 10.1. The van der Waals surface area contributed by atoms with Gasteiger partial charge < -0.3 is 10.4 Å². The summed E-state index contributed by atoms with van der Waals surface area (Å²) in [6.45, 7) is 5.97. The standard InChI is InChI=1S/C17H27Cl2NO/c1-13(2)7-5-3-4-6-10-20-12-17(21)15-11-14(18)8-9-16(15)19/h8-9,11,13,17,20-21H,3-7,10,12H2,1-2H3. The van der Waals surface area contributed by atoms with Gasteiger partial charge in [-0.25, -0.2) is 0 Å². The van der Waals surface area contributed by atoms with E-state index in [0.717, 1.165) is 18.9 Å². The van der Waals surface area contributed by atoms with Crippen molar-refractivity contribution in [2.75, 3.05) is 13.1 Å². The Morgan fingerprint density at radius 3 is 2.52 bits per heavy atom. The quantitative estimate of drug-likeness (QED) is 0.576. The number of benzene rings is 1. The zero-order valence-electron chi connectivity index (χ0n) is 13.0. The van der Waals surface area contributed by atoms with Gasteiger partial charge >= 0.3 is 0 Å². The Balaban J connectivity index is 2.13. The van der Waals surface area contributed by atoms with Gasteiger partial charge in [-0.05, 0) is 37.1 Å². The van der Waals surface area contributed by atoms with Gasteiger partial charge in [-0.3, -0.25) is 0 Å². The summed E-state index contributed by atoms with van der Waals surface area (Å²) in [5.41, 5.74) is 0.689. The van der Waals surface area contributed by atoms with Crippen molar-refractivity contribution in [1.82, 2.24) is 5.32 Å². The number of unbranched alkanes of at least 4 members (excludes halogenated alkanes) is 3. The maximum absolute atomic E-state index is 10.1. The molecule has 1 aromatic rings. The molecule has 4 heteroatoms. The molecule has 1 unspecified atom stereocenters. The average molecular weight is 332 g/mol. The molecule has 0 saturated heterocycles. The first-order valence-corrected chi connectivity index (χ1v) is 8.60. The third kappa shape index (κ3) is 8.06. The van der Waals surface area contributed by atoms with Gasteiger partial charge in [0.2, 0.25) is 0 Å². The Morgan fingerprint density at radius 1 is 1.10 bits per heavy atom. The molecule has 0 aliphatic carbocycles. The van der Waals surface area contributed by atoms with Crippen molar-refractivity contribution in [1.29, 1.82) is 0 Å². The average Bonchev–Trinajstić information content (AvgIpc) is 2.43. The summed E-state index contributed by atoms with van der Waals surface area (Å²) < 4.78 is 0. The number of hydrogen-bond acceptors (Lipinski definition) is 2. The van der Waals surface area contributed by atoms with E-state index in [-0.39, 0.29) is 0 Å². The SMILES string of the molecule is CC(C)CCCCCCNCC(O)c1cc(Cl)ccc1Cl. The summed E-state index contributed by atoms with van der Waals surface area (Å²) in [4.78, 5) is 0. The van der Waals surface area contributed by atoms with Gasteiger partial charge in [0.1, 0.15) is 0 Å². The van der Waals surface area contributed by atoms with E-state index in [4.69, 9.17) is 23.2 Å². The highest BCUT2D eigenvalue weighted by atomic mass is 35.5. The largest absolute Gasteiger partial charge is 0.387 e. The molecule has 0 fully saturated rings. The van der Waals surface area contributed by atoms with Crippen molar-refractivity contribution >= 4 is 23.2 Å². The summed E-state index contributed by atoms with van der Waals surface area (Å²) in [5.74, 6) is 0.806. The van der Waals surface area contributed by atoms with E-state index in [2.05, 4.69) is 19.2 Å². The molecule has 0 bridgehead atoms. The van der Waals surface area contributed by atoms with Gasteiger partial charge in [-0.15, -0.1) is 0 Å². The number of nitrogens with one attached hydrogen (secondary N) is 1. The van der Waals surface area contributed by atoms with E-state index in [0.29, 0.717) is 22.2 Å². The lowest BCUT2D eigenvalue weighted by molar-refractivity contribution is 0.175. The monoisotopic (exact) mass is 331 g/mol. The van der Waals surface area contributed by atoms with E-state index in [9.17, 15) is 5.11 Å². The van der Waals surface area contributed by atoms with Crippen molar-refractivity contribution in [3.63, 3.8) is 0 Å². The van der Waals surface area contributed by atoms with Crippen LogP contribution in [-0.2, 0) is 0 Å². The predicted molar refractivity (Wildman–Crippen MR) is 92.2 cm³/mol. The number of rotatable bonds is 10. The van der Waals surface area contributed by atoms with E-state index < -0.39 is 6.10 Å². The van der Waals surface area contributed by atoms with Gasteiger partial charge in [-0.2, -0.15) is 0 Å². The van der Waals surface area contributed by atoms with Crippen LogP contribution in [0.4, 0.5) is 0 Å². The van der Waals surface area contributed by atoms with Crippen LogP contribution < -0.4 is 5.32 Å². The maximum Gasteiger partial charge on any atom is 0.0929 e. The molecule has 0 aliphatic rings. The molecule has 1 atom stereocenters. The van der Waals surface area contributed by atoms with Gasteiger partial charge in [0.05, 0.1) is 6.10 Å². The number of aliphatic hydroxyl groups is 1. The van der Waals surface area contributed by atoms with Crippen molar-refractivity contribution in [3.8, 4) is 0 Å². The van der Waals surface area contributed by atoms with E-state index in [1.165, 1.54) is 25.7 Å². The van der Waals surface area contributed by atoms with Crippen LogP contribution >= 0.6 is 23.2 Å². The van der Waals surface area contributed by atoms with Gasteiger partial charge in [0.25, 0.3) is 0 Å². The van der Waals surface area contributed by atoms with Crippen molar-refractivity contribution in [3.05, 3.63) is 33.8 Å². The van der Waals surface area contributed by atoms with Crippen LogP contribution in [0.15, 0.2) is 18.2 Å². The lowest BCUT2D eigenvalue weighted by Gasteiger charge is -2.14. The highest BCUT2D eigenvalue weighted by Crippen LogP contribution is 2.25. The fourth-order valence-electron chi connectivity index (χ4n) is 2.27. The summed E-state index contributed by atoms with van der Waals surface area (Å²) in [6, 6.07) is 5.17. The minimum atomic E-state index is -0.614. The third-order valence-electron chi connectivity index (χ3n) is 3.54. The van der Waals surface area contributed by atoms with Crippen LogP contribution in [0.25, 0.3) is 0 Å². The molecular weight excluding hydrogens is 305 g/mol. The van der Waals surface area contributed by atoms with Crippen LogP contribution in [0.1, 0.15) is 57.6 Å².